The van der Waals surface area contributed by atoms with Gasteiger partial charge >= 0.3 is 6.03 Å². The number of nitrogens with two attached hydrogens (primary N) is 1. The molecule has 0 aliphatic carbocycles. The van der Waals surface area contributed by atoms with Crippen molar-refractivity contribution in [2.24, 2.45) is 5.73 Å². The summed E-state index contributed by atoms with van der Waals surface area (Å²) < 4.78 is 34.0. The van der Waals surface area contributed by atoms with Crippen LogP contribution in [-0.4, -0.2) is 64.1 Å². The molecule has 0 bridgehead atoms. The number of nitrogens with zero attached hydrogens (tertiary/aromatic N) is 5. The number of halogens is 2. The third-order valence-corrected chi connectivity index (χ3v) is 6.78. The minimum absolute atomic E-state index is 0.117. The van der Waals surface area contributed by atoms with Crippen molar-refractivity contribution in [3.05, 3.63) is 102 Å². The molecule has 1 saturated heterocycles. The van der Waals surface area contributed by atoms with Crippen molar-refractivity contribution >= 4 is 17.4 Å². The van der Waals surface area contributed by atoms with Gasteiger partial charge in [-0.05, 0) is 42.5 Å². The van der Waals surface area contributed by atoms with E-state index >= 15 is 0 Å². The number of hydrogen-bond acceptors (Lipinski definition) is 7. The van der Waals surface area contributed by atoms with Crippen molar-refractivity contribution in [3.63, 3.8) is 0 Å². The maximum atomic E-state index is 14.6. The number of amides is 2. The monoisotopic (exact) mass is 549 g/mol. The van der Waals surface area contributed by atoms with Crippen LogP contribution >= 0.6 is 0 Å². The Balaban J connectivity index is 1.23. The predicted octanol–water partition coefficient (Wildman–Crippen LogP) is 3.21. The van der Waals surface area contributed by atoms with Crippen LogP contribution in [-0.2, 0) is 12.0 Å². The molecule has 0 spiro atoms. The van der Waals surface area contributed by atoms with Gasteiger partial charge in [-0.15, -0.1) is 0 Å². The minimum atomic E-state index is -1.85. The number of aliphatic hydroxyl groups is 1. The number of rotatable bonds is 9. The molecule has 3 aromatic carbocycles. The number of primary amides is 1. The van der Waals surface area contributed by atoms with Crippen LogP contribution in [0.15, 0.2) is 79.1 Å². The van der Waals surface area contributed by atoms with Crippen molar-refractivity contribution in [3.8, 4) is 5.75 Å². The van der Waals surface area contributed by atoms with Gasteiger partial charge in [0.2, 0.25) is 0 Å². The molecule has 208 valence electrons. The van der Waals surface area contributed by atoms with Crippen LogP contribution in [0.25, 0.3) is 0 Å². The molecule has 1 aliphatic heterocycles. The van der Waals surface area contributed by atoms with Crippen molar-refractivity contribution in [1.82, 2.24) is 20.2 Å². The molecular weight excluding hydrogens is 520 g/mol. The average molecular weight is 550 g/mol. The molecule has 0 saturated carbocycles. The first-order chi connectivity index (χ1) is 19.3. The summed E-state index contributed by atoms with van der Waals surface area (Å²) in [6.07, 6.45) is 1.20. The molecule has 1 atom stereocenters. The second-order valence-electron chi connectivity index (χ2n) is 9.46. The van der Waals surface area contributed by atoms with Crippen molar-refractivity contribution in [1.29, 1.82) is 0 Å². The number of nitrogens with one attached hydrogen (secondary N) is 1. The van der Waals surface area contributed by atoms with Crippen LogP contribution in [0.4, 0.5) is 25.0 Å². The Labute approximate surface area is 229 Å². The zero-order valence-electron chi connectivity index (χ0n) is 21.6. The summed E-state index contributed by atoms with van der Waals surface area (Å²) in [6, 6.07) is 19.0. The number of urea groups is 1. The minimum Gasteiger partial charge on any atom is -0.490 e. The highest BCUT2D eigenvalue weighted by atomic mass is 19.1. The lowest BCUT2D eigenvalue weighted by Crippen LogP contribution is -2.57. The number of aromatic amines is 1. The number of benzene rings is 3. The van der Waals surface area contributed by atoms with Gasteiger partial charge in [0, 0.05) is 49.9 Å². The van der Waals surface area contributed by atoms with E-state index in [-0.39, 0.29) is 24.4 Å². The third-order valence-electron chi connectivity index (χ3n) is 6.78. The highest BCUT2D eigenvalue weighted by Crippen LogP contribution is 2.30. The molecule has 1 fully saturated rings. The fourth-order valence-electron chi connectivity index (χ4n) is 4.78. The summed E-state index contributed by atoms with van der Waals surface area (Å²) in [5.41, 5.74) is 5.37. The summed E-state index contributed by atoms with van der Waals surface area (Å²) in [6.45, 7) is 2.19. The number of hydrazine groups is 1. The van der Waals surface area contributed by atoms with Crippen LogP contribution in [0.5, 0.6) is 5.75 Å². The van der Waals surface area contributed by atoms with E-state index in [1.165, 1.54) is 17.4 Å². The smallest absolute Gasteiger partial charge is 0.334 e. The van der Waals surface area contributed by atoms with Crippen LogP contribution in [0.2, 0.25) is 0 Å². The zero-order chi connectivity index (χ0) is 28.1. The van der Waals surface area contributed by atoms with Gasteiger partial charge in [-0.1, -0.05) is 24.3 Å². The van der Waals surface area contributed by atoms with Gasteiger partial charge < -0.3 is 20.5 Å². The van der Waals surface area contributed by atoms with Crippen molar-refractivity contribution in [2.75, 3.05) is 42.7 Å². The van der Waals surface area contributed by atoms with E-state index in [1.807, 2.05) is 47.5 Å². The molecule has 1 aromatic heterocycles. The Morgan fingerprint density at radius 3 is 2.40 bits per heavy atom. The molecule has 1 unspecified atom stereocenters. The lowest BCUT2D eigenvalue weighted by Gasteiger charge is -2.41. The zero-order valence-corrected chi connectivity index (χ0v) is 21.6. The summed E-state index contributed by atoms with van der Waals surface area (Å²) >= 11 is 0. The highest BCUT2D eigenvalue weighted by molar-refractivity contribution is 5.89. The van der Waals surface area contributed by atoms with Crippen LogP contribution < -0.4 is 20.4 Å². The van der Waals surface area contributed by atoms with Gasteiger partial charge in [0.05, 0.1) is 5.69 Å². The van der Waals surface area contributed by atoms with Crippen LogP contribution in [0, 0.1) is 11.6 Å². The summed E-state index contributed by atoms with van der Waals surface area (Å²) in [5, 5.41) is 21.3. The Morgan fingerprint density at radius 2 is 1.77 bits per heavy atom. The van der Waals surface area contributed by atoms with Gasteiger partial charge in [0.1, 0.15) is 35.9 Å². The first kappa shape index (κ1) is 27.0. The molecule has 0 radical (unpaired) electrons. The first-order valence-electron chi connectivity index (χ1n) is 12.7. The Morgan fingerprint density at radius 1 is 1.05 bits per heavy atom. The molecule has 1 aliphatic rings. The van der Waals surface area contributed by atoms with Gasteiger partial charge in [-0.2, -0.15) is 5.10 Å². The quantitative estimate of drug-likeness (QED) is 0.293. The van der Waals surface area contributed by atoms with Gasteiger partial charge in [0.25, 0.3) is 0 Å². The molecule has 40 heavy (non-hydrogen) atoms. The van der Waals surface area contributed by atoms with Crippen LogP contribution in [0.1, 0.15) is 11.4 Å². The second-order valence-corrected chi connectivity index (χ2v) is 9.46. The number of para-hydroxylation sites is 1. The summed E-state index contributed by atoms with van der Waals surface area (Å²) in [4.78, 5) is 18.3. The Bertz CT molecular complexity index is 1420. The molecular formula is C28H29F2N7O3. The highest BCUT2D eigenvalue weighted by Gasteiger charge is 2.35. The molecule has 4 aromatic rings. The molecule has 12 heteroatoms. The van der Waals surface area contributed by atoms with E-state index < -0.39 is 23.3 Å². The fourth-order valence-corrected chi connectivity index (χ4v) is 4.78. The standard InChI is InChI=1S/C28H29F2N7O3/c29-20-6-11-24(25(30)16-20)28(39,17-26-32-19-33-34-26)18-40-23-9-7-21(8-10-23)35-12-14-36(15-13-35)37(27(31)38)22-4-2-1-3-5-22/h1-11,16,19,39H,12-15,17-18H2,(H2,31,38)(H,32,33,34). The number of carbonyl (C=O) groups is 1. The fraction of sp³-hybridized carbons (Fsp3) is 0.250. The number of aromatic nitrogens is 3. The van der Waals surface area contributed by atoms with E-state index in [0.29, 0.717) is 37.6 Å². The average Bonchev–Trinajstić information content (AvgIpc) is 3.46. The van der Waals surface area contributed by atoms with E-state index in [2.05, 4.69) is 20.1 Å². The van der Waals surface area contributed by atoms with Crippen molar-refractivity contribution in [2.45, 2.75) is 12.0 Å². The molecule has 2 heterocycles. The maximum Gasteiger partial charge on any atom is 0.334 e. The number of ether oxygens (including phenoxy) is 1. The van der Waals surface area contributed by atoms with E-state index in [1.54, 1.807) is 12.1 Å². The van der Waals surface area contributed by atoms with E-state index in [9.17, 15) is 18.7 Å². The molecule has 4 N–H and O–H groups in total. The Hall–Kier alpha value is -4.55. The summed E-state index contributed by atoms with van der Waals surface area (Å²) in [7, 11) is 0. The molecule has 10 nitrogen and oxygen atoms in total. The number of piperazine rings is 1. The number of H-pyrrole nitrogens is 1. The van der Waals surface area contributed by atoms with Gasteiger partial charge in [0.15, 0.2) is 5.82 Å². The van der Waals surface area contributed by atoms with Gasteiger partial charge in [-0.25, -0.2) is 28.6 Å². The molecule has 5 rings (SSSR count). The third kappa shape index (κ3) is 6.03. The lowest BCUT2D eigenvalue weighted by atomic mass is 9.90. The first-order valence-corrected chi connectivity index (χ1v) is 12.7. The van der Waals surface area contributed by atoms with Crippen LogP contribution in [0.3, 0.4) is 0 Å². The number of hydrogen-bond donors (Lipinski definition) is 3. The maximum absolute atomic E-state index is 14.6. The Kier molecular flexibility index (Phi) is 7.89. The van der Waals surface area contributed by atoms with E-state index in [0.717, 1.165) is 17.8 Å². The van der Waals surface area contributed by atoms with Crippen molar-refractivity contribution < 1.29 is 23.4 Å². The number of anilines is 2. The topological polar surface area (TPSA) is 124 Å². The normalized spacial score (nSPS) is 15.4. The molecule has 2 amide bonds. The predicted molar refractivity (Wildman–Crippen MR) is 145 cm³/mol. The SMILES string of the molecule is NC(=O)N(c1ccccc1)N1CCN(c2ccc(OCC(O)(Cc3nc[nH]n3)c3ccc(F)cc3F)cc2)CC1. The summed E-state index contributed by atoms with van der Waals surface area (Å²) in [5.74, 6) is -0.923. The van der Waals surface area contributed by atoms with E-state index in [4.69, 9.17) is 10.5 Å². The number of carbonyl (C=O) groups excluding carboxylic acids is 1. The second kappa shape index (κ2) is 11.7. The lowest BCUT2D eigenvalue weighted by molar-refractivity contribution is -0.0138. The largest absolute Gasteiger partial charge is 0.490 e. The van der Waals surface area contributed by atoms with Gasteiger partial charge in [-0.3, -0.25) is 5.10 Å².